The van der Waals surface area contributed by atoms with E-state index in [-0.39, 0.29) is 28.8 Å². The number of Topliss-reactive ketones (excluding diaryl/α,β-unsaturated/α-hetero) is 1. The van der Waals surface area contributed by atoms with Crippen LogP contribution in [0, 0.1) is 13.8 Å². The summed E-state index contributed by atoms with van der Waals surface area (Å²) in [5, 5.41) is 13.7. The molecule has 3 aromatic rings. The Bertz CT molecular complexity index is 1030. The van der Waals surface area contributed by atoms with Gasteiger partial charge in [-0.3, -0.25) is 9.59 Å². The maximum absolute atomic E-state index is 12.5. The van der Waals surface area contributed by atoms with Crippen molar-refractivity contribution in [2.45, 2.75) is 20.4 Å². The Morgan fingerprint density at radius 2 is 1.88 bits per heavy atom. The first-order chi connectivity index (χ1) is 11.4. The fraction of sp³-hybridized carbons (Fsp3) is 0.176. The molecule has 7 heteroatoms. The smallest absolute Gasteiger partial charge is 0.357 e. The molecule has 0 amide bonds. The summed E-state index contributed by atoms with van der Waals surface area (Å²) in [4.78, 5) is 39.4. The number of fused-ring (bicyclic) bond motifs is 1. The summed E-state index contributed by atoms with van der Waals surface area (Å²) < 4.78 is 0.913. The van der Waals surface area contributed by atoms with E-state index in [0.717, 1.165) is 10.4 Å². The first kappa shape index (κ1) is 15.7. The third-order valence-corrected chi connectivity index (χ3v) is 3.81. The fourth-order valence-corrected chi connectivity index (χ4v) is 2.74. The van der Waals surface area contributed by atoms with Gasteiger partial charge in [-0.25, -0.2) is 9.48 Å². The molecule has 0 spiro atoms. The Kier molecular flexibility index (Phi) is 3.76. The molecule has 1 aromatic carbocycles. The highest BCUT2D eigenvalue weighted by molar-refractivity contribution is 6.01. The van der Waals surface area contributed by atoms with E-state index in [0.29, 0.717) is 11.3 Å². The van der Waals surface area contributed by atoms with Crippen molar-refractivity contribution in [3.05, 3.63) is 63.3 Å². The van der Waals surface area contributed by atoms with Crippen LogP contribution in [-0.4, -0.2) is 31.6 Å². The standard InChI is InChI=1S/C17H15N3O4/c1-9-7-13(10(2)18-9)14(21)8-20-16(22)12-6-4-3-5-11(12)15(19-20)17(23)24/h3-7,18H,8H2,1-2H3,(H,23,24). The molecule has 0 aliphatic rings. The molecule has 0 aliphatic carbocycles. The third kappa shape index (κ3) is 2.60. The molecule has 0 atom stereocenters. The summed E-state index contributed by atoms with van der Waals surface area (Å²) in [5.74, 6) is -1.56. The second-order valence-electron chi connectivity index (χ2n) is 5.58. The quantitative estimate of drug-likeness (QED) is 0.713. The van der Waals surface area contributed by atoms with Gasteiger partial charge in [-0.2, -0.15) is 5.10 Å². The average Bonchev–Trinajstić information content (AvgIpc) is 2.88. The fourth-order valence-electron chi connectivity index (χ4n) is 2.74. The number of carbonyl (C=O) groups excluding carboxylic acids is 1. The molecule has 2 heterocycles. The summed E-state index contributed by atoms with van der Waals surface area (Å²) >= 11 is 0. The van der Waals surface area contributed by atoms with Crippen LogP contribution in [0.2, 0.25) is 0 Å². The molecule has 2 N–H and O–H groups in total. The van der Waals surface area contributed by atoms with Gasteiger partial charge in [0, 0.05) is 22.3 Å². The molecule has 0 fully saturated rings. The van der Waals surface area contributed by atoms with Gasteiger partial charge >= 0.3 is 5.97 Å². The van der Waals surface area contributed by atoms with Crippen LogP contribution < -0.4 is 5.56 Å². The highest BCUT2D eigenvalue weighted by Crippen LogP contribution is 2.14. The minimum absolute atomic E-state index is 0.222. The first-order valence-electron chi connectivity index (χ1n) is 7.31. The van der Waals surface area contributed by atoms with Gasteiger partial charge in [0.25, 0.3) is 5.56 Å². The number of rotatable bonds is 4. The van der Waals surface area contributed by atoms with Crippen LogP contribution in [0.25, 0.3) is 10.8 Å². The minimum atomic E-state index is -1.25. The van der Waals surface area contributed by atoms with Crippen LogP contribution in [0.4, 0.5) is 0 Å². The van der Waals surface area contributed by atoms with Crippen LogP contribution in [0.1, 0.15) is 32.2 Å². The third-order valence-electron chi connectivity index (χ3n) is 3.81. The van der Waals surface area contributed by atoms with Crippen molar-refractivity contribution in [2.75, 3.05) is 0 Å². The molecular weight excluding hydrogens is 310 g/mol. The average molecular weight is 325 g/mol. The topological polar surface area (TPSA) is 105 Å². The molecule has 0 bridgehead atoms. The van der Waals surface area contributed by atoms with E-state index >= 15 is 0 Å². The predicted molar refractivity (Wildman–Crippen MR) is 87.6 cm³/mol. The molecule has 2 aromatic heterocycles. The van der Waals surface area contributed by atoms with Crippen molar-refractivity contribution in [2.24, 2.45) is 0 Å². The number of carboxylic acid groups (broad SMARTS) is 1. The van der Waals surface area contributed by atoms with Crippen molar-refractivity contribution in [1.82, 2.24) is 14.8 Å². The van der Waals surface area contributed by atoms with Crippen LogP contribution >= 0.6 is 0 Å². The number of hydrogen-bond acceptors (Lipinski definition) is 4. The molecule has 3 rings (SSSR count). The SMILES string of the molecule is Cc1cc(C(=O)Cn2nc(C(=O)O)c3ccccc3c2=O)c(C)[nH]1. The summed E-state index contributed by atoms with van der Waals surface area (Å²) in [6.07, 6.45) is 0. The number of aromatic nitrogens is 3. The Balaban J connectivity index is 2.11. The second kappa shape index (κ2) is 5.77. The number of aromatic amines is 1. The molecule has 0 unspecified atom stereocenters. The zero-order chi connectivity index (χ0) is 17.4. The van der Waals surface area contributed by atoms with Gasteiger partial charge in [0.2, 0.25) is 0 Å². The van der Waals surface area contributed by atoms with E-state index in [1.807, 2.05) is 6.92 Å². The number of aromatic carboxylic acids is 1. The monoisotopic (exact) mass is 325 g/mol. The van der Waals surface area contributed by atoms with E-state index < -0.39 is 11.5 Å². The molecule has 122 valence electrons. The highest BCUT2D eigenvalue weighted by Gasteiger charge is 2.18. The lowest BCUT2D eigenvalue weighted by Crippen LogP contribution is -2.29. The molecular formula is C17H15N3O4. The van der Waals surface area contributed by atoms with Gasteiger partial charge in [0.1, 0.15) is 6.54 Å². The second-order valence-corrected chi connectivity index (χ2v) is 5.58. The molecule has 0 radical (unpaired) electrons. The van der Waals surface area contributed by atoms with Crippen LogP contribution in [-0.2, 0) is 6.54 Å². The van der Waals surface area contributed by atoms with Crippen LogP contribution in [0.3, 0.4) is 0 Å². The van der Waals surface area contributed by atoms with E-state index in [9.17, 15) is 19.5 Å². The number of hydrogen-bond donors (Lipinski definition) is 2. The van der Waals surface area contributed by atoms with E-state index in [4.69, 9.17) is 0 Å². The number of H-pyrrole nitrogens is 1. The van der Waals surface area contributed by atoms with Crippen molar-refractivity contribution in [1.29, 1.82) is 0 Å². The number of ketones is 1. The Labute approximate surface area is 136 Å². The molecule has 0 saturated carbocycles. The number of carbonyl (C=O) groups is 2. The van der Waals surface area contributed by atoms with Gasteiger partial charge < -0.3 is 10.1 Å². The van der Waals surface area contributed by atoms with Gasteiger partial charge in [0.05, 0.1) is 5.39 Å². The normalized spacial score (nSPS) is 10.9. The van der Waals surface area contributed by atoms with Crippen molar-refractivity contribution in [3.8, 4) is 0 Å². The number of benzene rings is 1. The van der Waals surface area contributed by atoms with Crippen molar-refractivity contribution in [3.63, 3.8) is 0 Å². The maximum atomic E-state index is 12.5. The van der Waals surface area contributed by atoms with Gasteiger partial charge in [-0.1, -0.05) is 18.2 Å². The van der Waals surface area contributed by atoms with E-state index in [1.165, 1.54) is 12.1 Å². The van der Waals surface area contributed by atoms with Crippen LogP contribution in [0.5, 0.6) is 0 Å². The Morgan fingerprint density at radius 3 is 2.46 bits per heavy atom. The van der Waals surface area contributed by atoms with Crippen LogP contribution in [0.15, 0.2) is 35.1 Å². The maximum Gasteiger partial charge on any atom is 0.357 e. The highest BCUT2D eigenvalue weighted by atomic mass is 16.4. The summed E-state index contributed by atoms with van der Waals surface area (Å²) in [5.41, 5.74) is 1.26. The Hall–Kier alpha value is -3.22. The Morgan fingerprint density at radius 1 is 1.21 bits per heavy atom. The molecule has 7 nitrogen and oxygen atoms in total. The van der Waals surface area contributed by atoms with Gasteiger partial charge in [0.15, 0.2) is 11.5 Å². The number of nitrogens with zero attached hydrogens (tertiary/aromatic N) is 2. The lowest BCUT2D eigenvalue weighted by Gasteiger charge is -2.08. The lowest BCUT2D eigenvalue weighted by atomic mass is 10.1. The molecule has 24 heavy (non-hydrogen) atoms. The van der Waals surface area contributed by atoms with Gasteiger partial charge in [-0.15, -0.1) is 0 Å². The predicted octanol–water partition coefficient (Wildman–Crippen LogP) is 1.92. The lowest BCUT2D eigenvalue weighted by molar-refractivity contribution is 0.0688. The first-order valence-corrected chi connectivity index (χ1v) is 7.31. The van der Waals surface area contributed by atoms with Gasteiger partial charge in [-0.05, 0) is 26.0 Å². The molecule has 0 aliphatic heterocycles. The zero-order valence-corrected chi connectivity index (χ0v) is 13.2. The number of carboxylic acids is 1. The number of aryl methyl sites for hydroxylation is 2. The van der Waals surface area contributed by atoms with E-state index in [2.05, 4.69) is 10.1 Å². The number of nitrogens with one attached hydrogen (secondary N) is 1. The van der Waals surface area contributed by atoms with Crippen molar-refractivity contribution >= 4 is 22.5 Å². The summed E-state index contributed by atoms with van der Waals surface area (Å²) in [6, 6.07) is 8.03. The zero-order valence-electron chi connectivity index (χ0n) is 13.2. The minimum Gasteiger partial charge on any atom is -0.476 e. The van der Waals surface area contributed by atoms with E-state index in [1.54, 1.807) is 25.1 Å². The largest absolute Gasteiger partial charge is 0.476 e. The summed E-state index contributed by atoms with van der Waals surface area (Å²) in [6.45, 7) is 3.27. The van der Waals surface area contributed by atoms with Crippen molar-refractivity contribution < 1.29 is 14.7 Å². The summed E-state index contributed by atoms with van der Waals surface area (Å²) in [7, 11) is 0. The molecule has 0 saturated heterocycles.